The van der Waals surface area contributed by atoms with Crippen LogP contribution in [-0.4, -0.2) is 39.4 Å². The number of nitrogens with one attached hydrogen (secondary N) is 1. The van der Waals surface area contributed by atoms with Gasteiger partial charge in [0, 0.05) is 40.3 Å². The minimum atomic E-state index is 0.352. The molecule has 4 rings (SSSR count). The average Bonchev–Trinajstić information content (AvgIpc) is 2.91. The van der Waals surface area contributed by atoms with E-state index in [0.717, 1.165) is 52.6 Å². The summed E-state index contributed by atoms with van der Waals surface area (Å²) in [4.78, 5) is 10.6. The average molecular weight is 509 g/mol. The number of fused-ring (bicyclic) bond motifs is 1. The maximum absolute atomic E-state index is 5.45. The third-order valence-corrected chi connectivity index (χ3v) is 7.83. The maximum atomic E-state index is 5.45. The zero-order chi connectivity index (χ0) is 25.2. The van der Waals surface area contributed by atoms with Crippen LogP contribution in [0.3, 0.4) is 0 Å². The van der Waals surface area contributed by atoms with Crippen LogP contribution in [-0.2, 0) is 4.74 Å². The van der Waals surface area contributed by atoms with E-state index in [1.54, 1.807) is 23.9 Å². The van der Waals surface area contributed by atoms with E-state index in [9.17, 15) is 0 Å². The number of rotatable bonds is 7. The summed E-state index contributed by atoms with van der Waals surface area (Å²) in [7, 11) is 0. The molecule has 0 bridgehead atoms. The number of para-hydroxylation sites is 1. The molecule has 7 heteroatoms. The summed E-state index contributed by atoms with van der Waals surface area (Å²) in [6.07, 6.45) is 6.38. The third kappa shape index (κ3) is 7.34. The molecule has 1 aromatic heterocycles. The fourth-order valence-corrected chi connectivity index (χ4v) is 5.27. The van der Waals surface area contributed by atoms with Gasteiger partial charge in [-0.1, -0.05) is 50.3 Å². The van der Waals surface area contributed by atoms with Crippen LogP contribution in [0.4, 0.5) is 5.69 Å². The van der Waals surface area contributed by atoms with E-state index in [4.69, 9.17) is 9.72 Å². The van der Waals surface area contributed by atoms with Crippen LogP contribution in [0.25, 0.3) is 22.3 Å². The minimum absolute atomic E-state index is 0.352. The molecule has 1 saturated heterocycles. The van der Waals surface area contributed by atoms with Crippen LogP contribution in [0, 0.1) is 6.92 Å². The molecule has 1 fully saturated rings. The first-order valence-electron chi connectivity index (χ1n) is 12.1. The SMILES string of the molecule is C/C=C(SNc1ccc(C)c(-c2ncc3ccccc3n2)c1)\C(C)=C/C(C)N1CCOCS1.CC. The Kier molecular flexibility index (Phi) is 10.7. The quantitative estimate of drug-likeness (QED) is 0.257. The van der Waals surface area contributed by atoms with E-state index in [1.165, 1.54) is 10.5 Å². The first kappa shape index (κ1) is 27.3. The van der Waals surface area contributed by atoms with Crippen molar-refractivity contribution >= 4 is 40.5 Å². The van der Waals surface area contributed by atoms with Gasteiger partial charge in [-0.3, -0.25) is 0 Å². The predicted octanol–water partition coefficient (Wildman–Crippen LogP) is 7.87. The highest BCUT2D eigenvalue weighted by molar-refractivity contribution is 8.04. The number of anilines is 1. The van der Waals surface area contributed by atoms with Gasteiger partial charge in [0.25, 0.3) is 0 Å². The normalized spacial score (nSPS) is 15.9. The van der Waals surface area contributed by atoms with Crippen molar-refractivity contribution in [3.8, 4) is 11.4 Å². The van der Waals surface area contributed by atoms with Crippen molar-refractivity contribution in [1.29, 1.82) is 0 Å². The summed E-state index contributed by atoms with van der Waals surface area (Å²) in [5, 5.41) is 1.05. The molecule has 0 saturated carbocycles. The second-order valence-electron chi connectivity index (χ2n) is 8.03. The van der Waals surface area contributed by atoms with Gasteiger partial charge in [-0.2, -0.15) is 0 Å². The highest BCUT2D eigenvalue weighted by Gasteiger charge is 2.17. The Bertz CT molecular complexity index is 1170. The maximum Gasteiger partial charge on any atom is 0.160 e. The number of benzene rings is 2. The molecule has 1 aliphatic heterocycles. The first-order chi connectivity index (χ1) is 17.0. The molecule has 5 nitrogen and oxygen atoms in total. The van der Waals surface area contributed by atoms with Crippen molar-refractivity contribution in [2.45, 2.75) is 47.6 Å². The van der Waals surface area contributed by atoms with E-state index >= 15 is 0 Å². The van der Waals surface area contributed by atoms with Gasteiger partial charge in [-0.05, 0) is 80.9 Å². The molecule has 0 aliphatic carbocycles. The van der Waals surface area contributed by atoms with Gasteiger partial charge in [0.1, 0.15) is 5.94 Å². The fourth-order valence-electron chi connectivity index (χ4n) is 3.74. The van der Waals surface area contributed by atoms with E-state index in [2.05, 4.69) is 72.1 Å². The second-order valence-corrected chi connectivity index (χ2v) is 9.84. The van der Waals surface area contributed by atoms with Gasteiger partial charge >= 0.3 is 0 Å². The topological polar surface area (TPSA) is 50.3 Å². The van der Waals surface area contributed by atoms with E-state index in [0.29, 0.717) is 6.04 Å². The Hall–Kier alpha value is -2.32. The third-order valence-electron chi connectivity index (χ3n) is 5.60. The smallest absolute Gasteiger partial charge is 0.160 e. The standard InChI is InChI=1S/C26H30N4OS2.C2H6/c1-5-25(19(3)14-20(4)30-12-13-31-17-32-30)33-29-22-11-10-18(2)23(15-22)26-27-16-21-8-6-7-9-24(21)28-26;1-2/h5-11,14-16,20,29H,12-13,17H2,1-4H3;1-2H3/b19-14-,25-5+;. The van der Waals surface area contributed by atoms with Crippen LogP contribution in [0.2, 0.25) is 0 Å². The van der Waals surface area contributed by atoms with E-state index in [-0.39, 0.29) is 0 Å². The van der Waals surface area contributed by atoms with Gasteiger partial charge in [-0.25, -0.2) is 14.3 Å². The lowest BCUT2D eigenvalue weighted by Crippen LogP contribution is -2.33. The number of aromatic nitrogens is 2. The molecular weight excluding hydrogens is 472 g/mol. The summed E-state index contributed by atoms with van der Waals surface area (Å²) in [6.45, 7) is 14.3. The molecule has 35 heavy (non-hydrogen) atoms. The molecule has 1 N–H and O–H groups in total. The summed E-state index contributed by atoms with van der Waals surface area (Å²) >= 11 is 3.39. The molecule has 1 aliphatic rings. The van der Waals surface area contributed by atoms with Gasteiger partial charge in [0.2, 0.25) is 0 Å². The molecule has 0 radical (unpaired) electrons. The van der Waals surface area contributed by atoms with Gasteiger partial charge in [-0.15, -0.1) is 0 Å². The van der Waals surface area contributed by atoms with Crippen molar-refractivity contribution in [2.75, 3.05) is 23.8 Å². The lowest BCUT2D eigenvalue weighted by Gasteiger charge is -2.29. The lowest BCUT2D eigenvalue weighted by molar-refractivity contribution is 0.143. The highest BCUT2D eigenvalue weighted by Crippen LogP contribution is 2.31. The molecule has 2 aromatic carbocycles. The van der Waals surface area contributed by atoms with Gasteiger partial charge in [0.05, 0.1) is 12.1 Å². The van der Waals surface area contributed by atoms with Crippen LogP contribution in [0.5, 0.6) is 0 Å². The number of allylic oxidation sites excluding steroid dienone is 2. The molecule has 1 atom stereocenters. The molecule has 0 spiro atoms. The van der Waals surface area contributed by atoms with E-state index in [1.807, 2.05) is 44.3 Å². The Balaban J connectivity index is 0.00000167. The highest BCUT2D eigenvalue weighted by atomic mass is 32.2. The van der Waals surface area contributed by atoms with Crippen molar-refractivity contribution in [3.63, 3.8) is 0 Å². The number of nitrogens with zero attached hydrogens (tertiary/aromatic N) is 3. The monoisotopic (exact) mass is 508 g/mol. The molecule has 2 heterocycles. The number of hydrogen-bond donors (Lipinski definition) is 1. The Morgan fingerprint density at radius 3 is 2.77 bits per heavy atom. The number of ether oxygens (including phenoxy) is 1. The lowest BCUT2D eigenvalue weighted by atomic mass is 10.1. The summed E-state index contributed by atoms with van der Waals surface area (Å²) in [5.41, 5.74) is 5.44. The fraction of sp³-hybridized carbons (Fsp3) is 0.357. The van der Waals surface area contributed by atoms with Crippen LogP contribution in [0.15, 0.2) is 71.3 Å². The Morgan fingerprint density at radius 1 is 1.23 bits per heavy atom. The Labute approximate surface area is 218 Å². The molecule has 1 unspecified atom stereocenters. The van der Waals surface area contributed by atoms with Crippen molar-refractivity contribution in [2.24, 2.45) is 0 Å². The first-order valence-corrected chi connectivity index (χ1v) is 13.9. The Morgan fingerprint density at radius 2 is 2.03 bits per heavy atom. The van der Waals surface area contributed by atoms with Crippen LogP contribution >= 0.6 is 23.9 Å². The van der Waals surface area contributed by atoms with Gasteiger partial charge in [0.15, 0.2) is 5.82 Å². The molecule has 3 aromatic rings. The minimum Gasteiger partial charge on any atom is -0.368 e. The van der Waals surface area contributed by atoms with Gasteiger partial charge < -0.3 is 9.46 Å². The zero-order valence-corrected chi connectivity index (χ0v) is 23.2. The number of aryl methyl sites for hydroxylation is 1. The summed E-state index contributed by atoms with van der Waals surface area (Å²) in [5.74, 6) is 1.49. The molecule has 0 amide bonds. The molecular formula is C28H36N4OS2. The predicted molar refractivity (Wildman–Crippen MR) is 154 cm³/mol. The van der Waals surface area contributed by atoms with Crippen molar-refractivity contribution in [3.05, 3.63) is 76.9 Å². The largest absolute Gasteiger partial charge is 0.368 e. The van der Waals surface area contributed by atoms with E-state index < -0.39 is 0 Å². The second kappa shape index (κ2) is 13.7. The molecule has 186 valence electrons. The summed E-state index contributed by atoms with van der Waals surface area (Å²) in [6, 6.07) is 14.8. The van der Waals surface area contributed by atoms with Crippen LogP contribution < -0.4 is 4.72 Å². The zero-order valence-electron chi connectivity index (χ0n) is 21.5. The number of hydrogen-bond acceptors (Lipinski definition) is 7. The van der Waals surface area contributed by atoms with Crippen LogP contribution in [0.1, 0.15) is 40.2 Å². The summed E-state index contributed by atoms with van der Waals surface area (Å²) < 4.78 is 11.3. The van der Waals surface area contributed by atoms with Crippen molar-refractivity contribution < 1.29 is 4.74 Å². The van der Waals surface area contributed by atoms with Crippen molar-refractivity contribution in [1.82, 2.24) is 14.3 Å².